The van der Waals surface area contributed by atoms with Crippen LogP contribution in [0.4, 0.5) is 0 Å². The number of carbonyl (C=O) groups is 1. The van der Waals surface area contributed by atoms with Crippen molar-refractivity contribution in [2.75, 3.05) is 6.54 Å². The first-order valence-electron chi connectivity index (χ1n) is 5.90. The highest BCUT2D eigenvalue weighted by Gasteiger charge is 2.17. The summed E-state index contributed by atoms with van der Waals surface area (Å²) in [7, 11) is 0. The van der Waals surface area contributed by atoms with E-state index in [0.29, 0.717) is 0 Å². The molecule has 0 heterocycles. The second kappa shape index (κ2) is 6.18. The van der Waals surface area contributed by atoms with Crippen LogP contribution in [0, 0.1) is 9.49 Å². The van der Waals surface area contributed by atoms with E-state index in [1.807, 2.05) is 18.2 Å². The fraction of sp³-hybridized carbons (Fsp3) is 0.462. The first kappa shape index (κ1) is 13.3. The van der Waals surface area contributed by atoms with Gasteiger partial charge in [0.2, 0.25) is 0 Å². The van der Waals surface area contributed by atoms with Gasteiger partial charge in [0.15, 0.2) is 0 Å². The zero-order chi connectivity index (χ0) is 12.3. The van der Waals surface area contributed by atoms with E-state index < -0.39 is 0 Å². The Labute approximate surface area is 124 Å². The quantitative estimate of drug-likeness (QED) is 0.751. The molecule has 1 fully saturated rings. The van der Waals surface area contributed by atoms with Gasteiger partial charge in [-0.2, -0.15) is 0 Å². The molecule has 1 aliphatic carbocycles. The molecule has 1 saturated carbocycles. The van der Waals surface area contributed by atoms with E-state index in [4.69, 9.17) is 0 Å². The van der Waals surface area contributed by atoms with Gasteiger partial charge < -0.3 is 5.32 Å². The fourth-order valence-electron chi connectivity index (χ4n) is 1.94. The zero-order valence-corrected chi connectivity index (χ0v) is 13.3. The normalized spacial score (nSPS) is 15.4. The third-order valence-corrected chi connectivity index (χ3v) is 4.67. The molecule has 0 spiro atoms. The predicted molar refractivity (Wildman–Crippen MR) is 81.2 cm³/mol. The molecular formula is C13H15BrINO. The second-order valence-corrected chi connectivity index (χ2v) is 6.54. The molecule has 2 nitrogen and oxygen atoms in total. The van der Waals surface area contributed by atoms with Crippen molar-refractivity contribution in [1.82, 2.24) is 5.32 Å². The van der Waals surface area contributed by atoms with E-state index in [1.165, 1.54) is 19.3 Å². The molecular weight excluding hydrogens is 393 g/mol. The summed E-state index contributed by atoms with van der Waals surface area (Å²) < 4.78 is 1.94. The van der Waals surface area contributed by atoms with Crippen molar-refractivity contribution in [2.45, 2.75) is 25.7 Å². The van der Waals surface area contributed by atoms with Crippen LogP contribution in [0.1, 0.15) is 36.0 Å². The summed E-state index contributed by atoms with van der Waals surface area (Å²) in [6.07, 6.45) is 5.16. The highest BCUT2D eigenvalue weighted by molar-refractivity contribution is 14.1. The Morgan fingerprint density at radius 3 is 2.88 bits per heavy atom. The maximum absolute atomic E-state index is 12.0. The molecule has 17 heavy (non-hydrogen) atoms. The van der Waals surface area contributed by atoms with Crippen LogP contribution < -0.4 is 5.32 Å². The van der Waals surface area contributed by atoms with E-state index in [1.54, 1.807) is 0 Å². The highest BCUT2D eigenvalue weighted by atomic mass is 127. The molecule has 2 rings (SSSR count). The molecule has 1 amide bonds. The lowest BCUT2D eigenvalue weighted by atomic mass is 9.83. The Kier molecular flexibility index (Phi) is 4.85. The van der Waals surface area contributed by atoms with Crippen molar-refractivity contribution in [1.29, 1.82) is 0 Å². The van der Waals surface area contributed by atoms with Crippen molar-refractivity contribution in [3.63, 3.8) is 0 Å². The lowest BCUT2D eigenvalue weighted by Crippen LogP contribution is -2.28. The largest absolute Gasteiger partial charge is 0.352 e. The van der Waals surface area contributed by atoms with E-state index in [-0.39, 0.29) is 5.91 Å². The average molecular weight is 408 g/mol. The lowest BCUT2D eigenvalue weighted by Gasteiger charge is -2.25. The van der Waals surface area contributed by atoms with Gasteiger partial charge in [-0.15, -0.1) is 0 Å². The zero-order valence-electron chi connectivity index (χ0n) is 9.51. The Morgan fingerprint density at radius 1 is 1.47 bits per heavy atom. The van der Waals surface area contributed by atoms with Crippen LogP contribution in [0.15, 0.2) is 22.7 Å². The van der Waals surface area contributed by atoms with Crippen LogP contribution in [-0.2, 0) is 0 Å². The van der Waals surface area contributed by atoms with Gasteiger partial charge in [0.25, 0.3) is 5.91 Å². The van der Waals surface area contributed by atoms with Gasteiger partial charge in [0, 0.05) is 14.6 Å². The smallest absolute Gasteiger partial charge is 0.252 e. The number of hydrogen-bond donors (Lipinski definition) is 1. The Morgan fingerprint density at radius 2 is 2.24 bits per heavy atom. The van der Waals surface area contributed by atoms with Crippen LogP contribution >= 0.6 is 38.5 Å². The topological polar surface area (TPSA) is 29.1 Å². The molecule has 0 aromatic heterocycles. The van der Waals surface area contributed by atoms with E-state index in [0.717, 1.165) is 32.5 Å². The molecule has 0 bridgehead atoms. The molecule has 0 radical (unpaired) electrons. The number of rotatable bonds is 4. The first-order valence-corrected chi connectivity index (χ1v) is 7.77. The minimum Gasteiger partial charge on any atom is -0.352 e. The average Bonchev–Trinajstić information content (AvgIpc) is 2.25. The molecule has 0 unspecified atom stereocenters. The van der Waals surface area contributed by atoms with Gasteiger partial charge in [-0.1, -0.05) is 35.2 Å². The third kappa shape index (κ3) is 3.68. The summed E-state index contributed by atoms with van der Waals surface area (Å²) in [4.78, 5) is 12.0. The summed E-state index contributed by atoms with van der Waals surface area (Å²) in [5.41, 5.74) is 0.758. The Bertz CT molecular complexity index is 418. The maximum atomic E-state index is 12.0. The molecule has 1 aliphatic rings. The minimum atomic E-state index is 0.0371. The molecule has 1 aromatic carbocycles. The van der Waals surface area contributed by atoms with Gasteiger partial charge in [0.05, 0.1) is 5.56 Å². The summed E-state index contributed by atoms with van der Waals surface area (Å²) in [6.45, 7) is 0.798. The molecule has 1 N–H and O–H groups in total. The number of carbonyl (C=O) groups excluding carboxylic acids is 1. The Balaban J connectivity index is 1.87. The monoisotopic (exact) mass is 407 g/mol. The van der Waals surface area contributed by atoms with Crippen molar-refractivity contribution in [3.8, 4) is 0 Å². The van der Waals surface area contributed by atoms with Crippen molar-refractivity contribution < 1.29 is 4.79 Å². The molecule has 0 aliphatic heterocycles. The predicted octanol–water partition coefficient (Wildman–Crippen LogP) is 3.97. The third-order valence-electron chi connectivity index (χ3n) is 3.24. The summed E-state index contributed by atoms with van der Waals surface area (Å²) >= 11 is 5.59. The first-order chi connectivity index (χ1) is 8.16. The maximum Gasteiger partial charge on any atom is 0.252 e. The summed E-state index contributed by atoms with van der Waals surface area (Å²) in [5, 5.41) is 3.00. The van der Waals surface area contributed by atoms with Crippen molar-refractivity contribution in [2.24, 2.45) is 5.92 Å². The van der Waals surface area contributed by atoms with Crippen LogP contribution in [0.5, 0.6) is 0 Å². The van der Waals surface area contributed by atoms with Gasteiger partial charge in [-0.05, 0) is 53.1 Å². The van der Waals surface area contributed by atoms with Crippen LogP contribution in [0.2, 0.25) is 0 Å². The fourth-order valence-corrected chi connectivity index (χ4v) is 2.88. The molecule has 1 aromatic rings. The number of amides is 1. The summed E-state index contributed by atoms with van der Waals surface area (Å²) in [6, 6.07) is 5.78. The lowest BCUT2D eigenvalue weighted by molar-refractivity contribution is 0.0948. The number of nitrogens with one attached hydrogen (secondary N) is 1. The number of hydrogen-bond acceptors (Lipinski definition) is 1. The molecule has 92 valence electrons. The van der Waals surface area contributed by atoms with Crippen molar-refractivity contribution >= 4 is 44.4 Å². The standard InChI is InChI=1S/C13H15BrINO/c14-10-4-5-12(15)11(8-10)13(17)16-7-6-9-2-1-3-9/h4-5,8-9H,1-3,6-7H2,(H,16,17). The SMILES string of the molecule is O=C(NCCC1CCC1)c1cc(Br)ccc1I. The minimum absolute atomic E-state index is 0.0371. The molecule has 0 atom stereocenters. The van der Waals surface area contributed by atoms with Crippen molar-refractivity contribution in [3.05, 3.63) is 31.8 Å². The Hall–Kier alpha value is -0.100. The van der Waals surface area contributed by atoms with Crippen LogP contribution in [-0.4, -0.2) is 12.5 Å². The second-order valence-electron chi connectivity index (χ2n) is 4.47. The van der Waals surface area contributed by atoms with Gasteiger partial charge in [-0.25, -0.2) is 0 Å². The molecule has 0 saturated heterocycles. The van der Waals surface area contributed by atoms with E-state index in [2.05, 4.69) is 43.8 Å². The number of benzene rings is 1. The number of halogens is 2. The van der Waals surface area contributed by atoms with E-state index >= 15 is 0 Å². The summed E-state index contributed by atoms with van der Waals surface area (Å²) in [5.74, 6) is 0.881. The molecule has 4 heteroatoms. The van der Waals surface area contributed by atoms with Crippen LogP contribution in [0.25, 0.3) is 0 Å². The highest BCUT2D eigenvalue weighted by Crippen LogP contribution is 2.28. The van der Waals surface area contributed by atoms with Gasteiger partial charge >= 0.3 is 0 Å². The van der Waals surface area contributed by atoms with Gasteiger partial charge in [-0.3, -0.25) is 4.79 Å². The van der Waals surface area contributed by atoms with E-state index in [9.17, 15) is 4.79 Å². The van der Waals surface area contributed by atoms with Gasteiger partial charge in [0.1, 0.15) is 0 Å². The van der Waals surface area contributed by atoms with Crippen LogP contribution in [0.3, 0.4) is 0 Å².